The second-order valence-corrected chi connectivity index (χ2v) is 7.14. The minimum atomic E-state index is -0.679. The van der Waals surface area contributed by atoms with Crippen molar-refractivity contribution in [3.8, 4) is 0 Å². The Labute approximate surface area is 133 Å². The standard InChI is InChI=1S/C15H21IN2O2/c1-15(2,20)11-17-6-8-18(9-7-17)14(19)12-4-3-5-13(16)10-12/h3-5,10,20H,6-9,11H2,1-2H3. The van der Waals surface area contributed by atoms with Crippen molar-refractivity contribution in [2.24, 2.45) is 0 Å². The Morgan fingerprint density at radius 2 is 1.95 bits per heavy atom. The number of nitrogens with zero attached hydrogens (tertiary/aromatic N) is 2. The Morgan fingerprint density at radius 1 is 1.30 bits per heavy atom. The first-order valence-electron chi connectivity index (χ1n) is 6.85. The summed E-state index contributed by atoms with van der Waals surface area (Å²) in [5.74, 6) is 0.103. The molecule has 0 aromatic heterocycles. The number of rotatable bonds is 3. The molecule has 4 nitrogen and oxygen atoms in total. The molecule has 5 heteroatoms. The van der Waals surface area contributed by atoms with Gasteiger partial charge in [0.2, 0.25) is 0 Å². The highest BCUT2D eigenvalue weighted by atomic mass is 127. The Morgan fingerprint density at radius 3 is 2.50 bits per heavy atom. The maximum absolute atomic E-state index is 12.4. The van der Waals surface area contributed by atoms with E-state index < -0.39 is 5.60 Å². The highest BCUT2D eigenvalue weighted by Gasteiger charge is 2.25. The van der Waals surface area contributed by atoms with Crippen LogP contribution < -0.4 is 0 Å². The Bertz CT molecular complexity index is 477. The molecule has 0 radical (unpaired) electrons. The molecule has 0 aliphatic carbocycles. The van der Waals surface area contributed by atoms with Crippen molar-refractivity contribution in [2.45, 2.75) is 19.4 Å². The van der Waals surface area contributed by atoms with E-state index in [2.05, 4.69) is 27.5 Å². The third-order valence-electron chi connectivity index (χ3n) is 3.34. The minimum absolute atomic E-state index is 0.103. The summed E-state index contributed by atoms with van der Waals surface area (Å²) in [6.45, 7) is 7.37. The molecule has 1 aromatic carbocycles. The van der Waals surface area contributed by atoms with Crippen LogP contribution in [0.3, 0.4) is 0 Å². The maximum atomic E-state index is 12.4. The van der Waals surface area contributed by atoms with Crippen LogP contribution in [0, 0.1) is 3.57 Å². The van der Waals surface area contributed by atoms with Crippen LogP contribution in [-0.2, 0) is 0 Å². The average molecular weight is 388 g/mol. The molecule has 110 valence electrons. The number of amides is 1. The Kier molecular flexibility index (Phi) is 5.04. The van der Waals surface area contributed by atoms with E-state index in [1.807, 2.05) is 43.0 Å². The third kappa shape index (κ3) is 4.43. The van der Waals surface area contributed by atoms with Crippen LogP contribution in [0.4, 0.5) is 0 Å². The van der Waals surface area contributed by atoms with Crippen molar-refractivity contribution < 1.29 is 9.90 Å². The SMILES string of the molecule is CC(C)(O)CN1CCN(C(=O)c2cccc(I)c2)CC1. The van der Waals surface area contributed by atoms with Crippen molar-refractivity contribution in [3.63, 3.8) is 0 Å². The topological polar surface area (TPSA) is 43.8 Å². The predicted molar refractivity (Wildman–Crippen MR) is 87.8 cm³/mol. The van der Waals surface area contributed by atoms with E-state index in [9.17, 15) is 9.90 Å². The van der Waals surface area contributed by atoms with E-state index in [1.54, 1.807) is 0 Å². The number of hydrogen-bond donors (Lipinski definition) is 1. The van der Waals surface area contributed by atoms with Gasteiger partial charge in [-0.15, -0.1) is 0 Å². The van der Waals surface area contributed by atoms with Gasteiger partial charge in [-0.05, 0) is 54.6 Å². The van der Waals surface area contributed by atoms with Crippen molar-refractivity contribution in [1.29, 1.82) is 0 Å². The summed E-state index contributed by atoms with van der Waals surface area (Å²) in [4.78, 5) is 16.5. The van der Waals surface area contributed by atoms with Gasteiger partial charge in [-0.2, -0.15) is 0 Å². The second kappa shape index (κ2) is 6.41. The van der Waals surface area contributed by atoms with Gasteiger partial charge in [0.25, 0.3) is 5.91 Å². The fraction of sp³-hybridized carbons (Fsp3) is 0.533. The Hall–Kier alpha value is -0.660. The van der Waals surface area contributed by atoms with Crippen LogP contribution in [0.1, 0.15) is 24.2 Å². The quantitative estimate of drug-likeness (QED) is 0.804. The number of carbonyl (C=O) groups excluding carboxylic acids is 1. The lowest BCUT2D eigenvalue weighted by Crippen LogP contribution is -2.52. The zero-order valence-corrected chi connectivity index (χ0v) is 14.1. The van der Waals surface area contributed by atoms with Crippen LogP contribution in [0.5, 0.6) is 0 Å². The first-order chi connectivity index (χ1) is 9.35. The van der Waals surface area contributed by atoms with Gasteiger partial charge in [-0.25, -0.2) is 0 Å². The Balaban J connectivity index is 1.92. The molecular weight excluding hydrogens is 367 g/mol. The molecule has 1 amide bonds. The molecule has 0 spiro atoms. The van der Waals surface area contributed by atoms with E-state index in [0.717, 1.165) is 35.3 Å². The van der Waals surface area contributed by atoms with Gasteiger partial charge in [0.05, 0.1) is 5.60 Å². The molecule has 2 rings (SSSR count). The summed E-state index contributed by atoms with van der Waals surface area (Å²) < 4.78 is 1.08. The first-order valence-corrected chi connectivity index (χ1v) is 7.93. The molecule has 0 atom stereocenters. The molecule has 0 unspecified atom stereocenters. The summed E-state index contributed by atoms with van der Waals surface area (Å²) in [5, 5.41) is 9.83. The summed E-state index contributed by atoms with van der Waals surface area (Å²) >= 11 is 2.22. The zero-order chi connectivity index (χ0) is 14.8. The predicted octanol–water partition coefficient (Wildman–Crippen LogP) is 1.82. The van der Waals surface area contributed by atoms with Gasteiger partial charge in [0.15, 0.2) is 0 Å². The van der Waals surface area contributed by atoms with Crippen molar-refractivity contribution in [3.05, 3.63) is 33.4 Å². The van der Waals surface area contributed by atoms with Crippen molar-refractivity contribution in [1.82, 2.24) is 9.80 Å². The van der Waals surface area contributed by atoms with Crippen LogP contribution in [0.2, 0.25) is 0 Å². The number of benzene rings is 1. The van der Waals surface area contributed by atoms with Gasteiger partial charge in [0, 0.05) is 41.9 Å². The number of β-amino-alcohol motifs (C(OH)–C–C–N with tert-alkyl or cyclic N) is 1. The number of halogens is 1. The molecule has 1 saturated heterocycles. The second-order valence-electron chi connectivity index (χ2n) is 5.89. The summed E-state index contributed by atoms with van der Waals surface area (Å²) in [7, 11) is 0. The maximum Gasteiger partial charge on any atom is 0.253 e. The number of piperazine rings is 1. The zero-order valence-electron chi connectivity index (χ0n) is 12.0. The first kappa shape index (κ1) is 15.7. The summed E-state index contributed by atoms with van der Waals surface area (Å²) in [6.07, 6.45) is 0. The van der Waals surface area contributed by atoms with E-state index in [0.29, 0.717) is 6.54 Å². The molecule has 1 heterocycles. The molecule has 0 bridgehead atoms. The molecule has 1 N–H and O–H groups in total. The molecule has 1 aliphatic heterocycles. The van der Waals surface area contributed by atoms with Crippen LogP contribution in [0.15, 0.2) is 24.3 Å². The van der Waals surface area contributed by atoms with E-state index in [-0.39, 0.29) is 5.91 Å². The van der Waals surface area contributed by atoms with Gasteiger partial charge < -0.3 is 10.0 Å². The molecule has 1 aliphatic rings. The number of hydrogen-bond acceptors (Lipinski definition) is 3. The van der Waals surface area contributed by atoms with Gasteiger partial charge in [0.1, 0.15) is 0 Å². The fourth-order valence-electron chi connectivity index (χ4n) is 2.46. The normalized spacial score (nSPS) is 17.3. The van der Waals surface area contributed by atoms with E-state index in [4.69, 9.17) is 0 Å². The minimum Gasteiger partial charge on any atom is -0.389 e. The molecule has 1 aromatic rings. The number of carbonyl (C=O) groups is 1. The van der Waals surface area contributed by atoms with Gasteiger partial charge in [-0.3, -0.25) is 9.69 Å². The smallest absolute Gasteiger partial charge is 0.253 e. The lowest BCUT2D eigenvalue weighted by molar-refractivity contribution is 0.0178. The van der Waals surface area contributed by atoms with Gasteiger partial charge >= 0.3 is 0 Å². The van der Waals surface area contributed by atoms with Crippen molar-refractivity contribution in [2.75, 3.05) is 32.7 Å². The molecule has 20 heavy (non-hydrogen) atoms. The molecule has 1 fully saturated rings. The van der Waals surface area contributed by atoms with Crippen LogP contribution >= 0.6 is 22.6 Å². The van der Waals surface area contributed by atoms with E-state index in [1.165, 1.54) is 0 Å². The highest BCUT2D eigenvalue weighted by Crippen LogP contribution is 2.13. The average Bonchev–Trinajstić information content (AvgIpc) is 2.37. The number of aliphatic hydroxyl groups is 1. The largest absolute Gasteiger partial charge is 0.389 e. The van der Waals surface area contributed by atoms with Crippen LogP contribution in [0.25, 0.3) is 0 Å². The fourth-order valence-corrected chi connectivity index (χ4v) is 3.00. The lowest BCUT2D eigenvalue weighted by atomic mass is 10.1. The molecular formula is C15H21IN2O2. The monoisotopic (exact) mass is 388 g/mol. The highest BCUT2D eigenvalue weighted by molar-refractivity contribution is 14.1. The van der Waals surface area contributed by atoms with Gasteiger partial charge in [-0.1, -0.05) is 6.07 Å². The summed E-state index contributed by atoms with van der Waals surface area (Å²) in [6, 6.07) is 7.69. The van der Waals surface area contributed by atoms with Crippen LogP contribution in [-0.4, -0.2) is 59.1 Å². The summed E-state index contributed by atoms with van der Waals surface area (Å²) in [5.41, 5.74) is 0.0784. The van der Waals surface area contributed by atoms with E-state index >= 15 is 0 Å². The third-order valence-corrected chi connectivity index (χ3v) is 4.01. The lowest BCUT2D eigenvalue weighted by Gasteiger charge is -2.37. The van der Waals surface area contributed by atoms with Crippen molar-refractivity contribution >= 4 is 28.5 Å². The molecule has 0 saturated carbocycles.